The fourth-order valence-electron chi connectivity index (χ4n) is 4.38. The Labute approximate surface area is 164 Å². The van der Waals surface area contributed by atoms with Crippen molar-refractivity contribution in [2.45, 2.75) is 40.3 Å². The Hall–Kier alpha value is -3.15. The van der Waals surface area contributed by atoms with E-state index in [0.717, 1.165) is 54.6 Å². The molecule has 28 heavy (non-hydrogen) atoms. The summed E-state index contributed by atoms with van der Waals surface area (Å²) in [7, 11) is 0. The van der Waals surface area contributed by atoms with Crippen LogP contribution in [0.5, 0.6) is 0 Å². The number of hydrogen-bond acceptors (Lipinski definition) is 4. The summed E-state index contributed by atoms with van der Waals surface area (Å²) in [6.45, 7) is 8.86. The molecule has 4 aromatic rings. The van der Waals surface area contributed by atoms with Crippen LogP contribution < -0.4 is 4.90 Å². The lowest BCUT2D eigenvalue weighted by atomic mass is 10.0. The lowest BCUT2D eigenvalue weighted by molar-refractivity contribution is 0.634. The molecular weight excluding hydrogens is 348 g/mol. The molecule has 3 aromatic heterocycles. The number of aryl methyl sites for hydroxylation is 2. The number of para-hydroxylation sites is 1. The van der Waals surface area contributed by atoms with Gasteiger partial charge in [0.05, 0.1) is 17.9 Å². The number of aromatic amines is 1. The third-order valence-corrected chi connectivity index (χ3v) is 5.75. The van der Waals surface area contributed by atoms with E-state index in [9.17, 15) is 0 Å². The molecule has 1 aliphatic rings. The highest BCUT2D eigenvalue weighted by Gasteiger charge is 2.23. The lowest BCUT2D eigenvalue weighted by Gasteiger charge is -2.27. The first kappa shape index (κ1) is 17.0. The molecule has 0 saturated heterocycles. The Balaban J connectivity index is 1.50. The average Bonchev–Trinajstić information content (AvgIpc) is 3.23. The van der Waals surface area contributed by atoms with Crippen molar-refractivity contribution < 1.29 is 0 Å². The molecule has 1 N–H and O–H groups in total. The van der Waals surface area contributed by atoms with E-state index in [1.165, 1.54) is 22.2 Å². The number of fused-ring (bicyclic) bond motifs is 3. The molecule has 0 amide bonds. The predicted octanol–water partition coefficient (Wildman–Crippen LogP) is 4.02. The fourth-order valence-corrected chi connectivity index (χ4v) is 4.38. The van der Waals surface area contributed by atoms with Gasteiger partial charge in [-0.25, -0.2) is 9.97 Å². The zero-order valence-corrected chi connectivity index (χ0v) is 16.5. The Morgan fingerprint density at radius 1 is 1.14 bits per heavy atom. The summed E-state index contributed by atoms with van der Waals surface area (Å²) in [4.78, 5) is 15.3. The molecule has 0 fully saturated rings. The van der Waals surface area contributed by atoms with Crippen molar-refractivity contribution in [3.05, 3.63) is 59.2 Å². The molecule has 0 atom stereocenters. The molecule has 0 unspecified atom stereocenters. The summed E-state index contributed by atoms with van der Waals surface area (Å²) in [5.74, 6) is 0.782. The number of rotatable bonds is 3. The molecule has 142 valence electrons. The first-order valence-electron chi connectivity index (χ1n) is 9.86. The minimum absolute atomic E-state index is 0.782. The van der Waals surface area contributed by atoms with Gasteiger partial charge in [-0.3, -0.25) is 4.68 Å². The zero-order chi connectivity index (χ0) is 19.3. The van der Waals surface area contributed by atoms with Gasteiger partial charge in [0.2, 0.25) is 5.95 Å². The topological polar surface area (TPSA) is 62.6 Å². The minimum Gasteiger partial charge on any atom is -0.357 e. The van der Waals surface area contributed by atoms with Crippen LogP contribution in [0.15, 0.2) is 36.5 Å². The van der Waals surface area contributed by atoms with Gasteiger partial charge in [0.15, 0.2) is 0 Å². The maximum atomic E-state index is 4.91. The maximum Gasteiger partial charge on any atom is 0.226 e. The van der Waals surface area contributed by atoms with Gasteiger partial charge in [-0.2, -0.15) is 5.10 Å². The number of hydrogen-bond donors (Lipinski definition) is 1. The van der Waals surface area contributed by atoms with Gasteiger partial charge < -0.3 is 9.88 Å². The summed E-state index contributed by atoms with van der Waals surface area (Å²) >= 11 is 0. The van der Waals surface area contributed by atoms with Crippen molar-refractivity contribution in [1.82, 2.24) is 24.7 Å². The van der Waals surface area contributed by atoms with E-state index in [1.807, 2.05) is 23.9 Å². The van der Waals surface area contributed by atoms with Gasteiger partial charge in [0, 0.05) is 47.1 Å². The standard InChI is InChI=1S/C22H24N6/c1-4-28-15(3)21(14(2)26-28)19-9-11-23-22(25-19)27-12-10-17-16-7-5-6-8-18(16)24-20(17)13-27/h5-9,11,24H,4,10,12-13H2,1-3H3. The third kappa shape index (κ3) is 2.59. The van der Waals surface area contributed by atoms with Gasteiger partial charge in [0.1, 0.15) is 0 Å². The number of H-pyrrole nitrogens is 1. The average molecular weight is 372 g/mol. The van der Waals surface area contributed by atoms with Crippen molar-refractivity contribution in [2.75, 3.05) is 11.4 Å². The summed E-state index contributed by atoms with van der Waals surface area (Å²) in [5, 5.41) is 5.98. The smallest absolute Gasteiger partial charge is 0.226 e. The maximum absolute atomic E-state index is 4.91. The van der Waals surface area contributed by atoms with Crippen LogP contribution in [0.2, 0.25) is 0 Å². The first-order valence-corrected chi connectivity index (χ1v) is 9.86. The van der Waals surface area contributed by atoms with Gasteiger partial charge in [-0.1, -0.05) is 18.2 Å². The summed E-state index contributed by atoms with van der Waals surface area (Å²) in [6.07, 6.45) is 2.86. The van der Waals surface area contributed by atoms with Crippen LogP contribution in [-0.2, 0) is 19.5 Å². The Kier molecular flexibility index (Phi) is 3.93. The second-order valence-electron chi connectivity index (χ2n) is 7.40. The van der Waals surface area contributed by atoms with Crippen molar-refractivity contribution in [3.8, 4) is 11.3 Å². The summed E-state index contributed by atoms with van der Waals surface area (Å²) < 4.78 is 2.03. The molecule has 0 saturated carbocycles. The van der Waals surface area contributed by atoms with Crippen LogP contribution in [-0.4, -0.2) is 31.3 Å². The Morgan fingerprint density at radius 3 is 2.82 bits per heavy atom. The molecule has 6 nitrogen and oxygen atoms in total. The normalized spacial score (nSPS) is 13.9. The second-order valence-corrected chi connectivity index (χ2v) is 7.40. The highest BCUT2D eigenvalue weighted by molar-refractivity contribution is 5.85. The van der Waals surface area contributed by atoms with E-state index >= 15 is 0 Å². The molecule has 1 aliphatic heterocycles. The molecule has 6 heteroatoms. The summed E-state index contributed by atoms with van der Waals surface area (Å²) in [5.41, 5.74) is 8.14. The Bertz CT molecular complexity index is 1170. The van der Waals surface area contributed by atoms with Crippen LogP contribution in [0.3, 0.4) is 0 Å². The number of aromatic nitrogens is 5. The van der Waals surface area contributed by atoms with Gasteiger partial charge >= 0.3 is 0 Å². The quantitative estimate of drug-likeness (QED) is 0.590. The molecule has 0 spiro atoms. The molecule has 4 heterocycles. The minimum atomic E-state index is 0.782. The van der Waals surface area contributed by atoms with Gasteiger partial charge in [0.25, 0.3) is 0 Å². The monoisotopic (exact) mass is 372 g/mol. The largest absolute Gasteiger partial charge is 0.357 e. The fraction of sp³-hybridized carbons (Fsp3) is 0.318. The van der Waals surface area contributed by atoms with E-state index in [-0.39, 0.29) is 0 Å². The first-order chi connectivity index (χ1) is 13.7. The molecule has 0 bridgehead atoms. The van der Waals surface area contributed by atoms with Crippen LogP contribution in [0.25, 0.3) is 22.2 Å². The van der Waals surface area contributed by atoms with Crippen LogP contribution in [0.4, 0.5) is 5.95 Å². The van der Waals surface area contributed by atoms with E-state index in [2.05, 4.69) is 58.1 Å². The van der Waals surface area contributed by atoms with Gasteiger partial charge in [-0.15, -0.1) is 0 Å². The van der Waals surface area contributed by atoms with Crippen LogP contribution >= 0.6 is 0 Å². The highest BCUT2D eigenvalue weighted by atomic mass is 15.3. The van der Waals surface area contributed by atoms with Crippen molar-refractivity contribution >= 4 is 16.9 Å². The molecule has 0 aliphatic carbocycles. The second kappa shape index (κ2) is 6.48. The van der Waals surface area contributed by atoms with E-state index in [1.54, 1.807) is 0 Å². The summed E-state index contributed by atoms with van der Waals surface area (Å²) in [6, 6.07) is 10.5. The van der Waals surface area contributed by atoms with Crippen molar-refractivity contribution in [3.63, 3.8) is 0 Å². The third-order valence-electron chi connectivity index (χ3n) is 5.75. The molecule has 0 radical (unpaired) electrons. The van der Waals surface area contributed by atoms with Crippen LogP contribution in [0, 0.1) is 13.8 Å². The number of nitrogens with zero attached hydrogens (tertiary/aromatic N) is 5. The van der Waals surface area contributed by atoms with Gasteiger partial charge in [-0.05, 0) is 44.9 Å². The lowest BCUT2D eigenvalue weighted by Crippen LogP contribution is -2.31. The van der Waals surface area contributed by atoms with E-state index in [0.29, 0.717) is 0 Å². The van der Waals surface area contributed by atoms with E-state index < -0.39 is 0 Å². The Morgan fingerprint density at radius 2 is 2.00 bits per heavy atom. The number of nitrogens with one attached hydrogen (secondary N) is 1. The molecular formula is C22H24N6. The highest BCUT2D eigenvalue weighted by Crippen LogP contribution is 2.30. The van der Waals surface area contributed by atoms with E-state index in [4.69, 9.17) is 4.98 Å². The molecule has 1 aromatic carbocycles. The number of anilines is 1. The van der Waals surface area contributed by atoms with Crippen molar-refractivity contribution in [1.29, 1.82) is 0 Å². The van der Waals surface area contributed by atoms with Crippen molar-refractivity contribution in [2.24, 2.45) is 0 Å². The SMILES string of the molecule is CCn1nc(C)c(-c2ccnc(N3CCc4c([nH]c5ccccc45)C3)n2)c1C. The molecule has 5 rings (SSSR count). The van der Waals surface area contributed by atoms with Crippen LogP contribution in [0.1, 0.15) is 29.6 Å². The predicted molar refractivity (Wildman–Crippen MR) is 111 cm³/mol. The zero-order valence-electron chi connectivity index (χ0n) is 16.5. The number of benzene rings is 1.